The molecule has 3 N–H and O–H groups in total. The SMILES string of the molecule is CC(C)(C)C1CCc2c(sc(NC(=O)C=Cc3ccc([N+](=O)[O-])cc3)c2C(N)=O)C1. The first-order chi connectivity index (χ1) is 14.1. The van der Waals surface area contributed by atoms with E-state index in [2.05, 4.69) is 26.1 Å². The van der Waals surface area contributed by atoms with Crippen LogP contribution in [0.2, 0.25) is 0 Å². The van der Waals surface area contributed by atoms with Gasteiger partial charge in [-0.2, -0.15) is 0 Å². The molecule has 2 aromatic rings. The normalized spacial score (nSPS) is 16.3. The van der Waals surface area contributed by atoms with Crippen molar-refractivity contribution in [2.75, 3.05) is 5.32 Å². The fraction of sp³-hybridized carbons (Fsp3) is 0.364. The number of benzene rings is 1. The number of carbonyl (C=O) groups is 2. The third-order valence-corrected chi connectivity index (χ3v) is 6.67. The molecule has 3 rings (SSSR count). The van der Waals surface area contributed by atoms with E-state index in [1.165, 1.54) is 29.5 Å². The first-order valence-electron chi connectivity index (χ1n) is 9.74. The van der Waals surface area contributed by atoms with E-state index in [-0.39, 0.29) is 17.0 Å². The highest BCUT2D eigenvalue weighted by Gasteiger charge is 2.33. The van der Waals surface area contributed by atoms with Gasteiger partial charge in [-0.3, -0.25) is 19.7 Å². The minimum absolute atomic E-state index is 0.0135. The van der Waals surface area contributed by atoms with E-state index < -0.39 is 10.8 Å². The summed E-state index contributed by atoms with van der Waals surface area (Å²) in [4.78, 5) is 35.9. The molecular formula is C22H25N3O4S. The van der Waals surface area contributed by atoms with Crippen LogP contribution in [0.25, 0.3) is 6.08 Å². The number of amides is 2. The Morgan fingerprint density at radius 3 is 2.50 bits per heavy atom. The predicted molar refractivity (Wildman–Crippen MR) is 119 cm³/mol. The van der Waals surface area contributed by atoms with Gasteiger partial charge in [-0.1, -0.05) is 20.8 Å². The van der Waals surface area contributed by atoms with Crippen LogP contribution < -0.4 is 11.1 Å². The van der Waals surface area contributed by atoms with Crippen LogP contribution in [0, 0.1) is 21.4 Å². The third-order valence-electron chi connectivity index (χ3n) is 5.50. The average molecular weight is 428 g/mol. The molecule has 1 atom stereocenters. The highest BCUT2D eigenvalue weighted by atomic mass is 32.1. The third kappa shape index (κ3) is 4.76. The second-order valence-electron chi connectivity index (χ2n) is 8.55. The monoisotopic (exact) mass is 427 g/mol. The zero-order chi connectivity index (χ0) is 22.1. The number of fused-ring (bicyclic) bond motifs is 1. The van der Waals surface area contributed by atoms with Gasteiger partial charge in [-0.25, -0.2) is 0 Å². The number of nitro groups is 1. The van der Waals surface area contributed by atoms with Crippen molar-refractivity contribution in [3.05, 3.63) is 62.0 Å². The number of nitro benzene ring substituents is 1. The first-order valence-corrected chi connectivity index (χ1v) is 10.6. The lowest BCUT2D eigenvalue weighted by Crippen LogP contribution is -2.27. The Morgan fingerprint density at radius 2 is 1.93 bits per heavy atom. The van der Waals surface area contributed by atoms with Crippen molar-refractivity contribution < 1.29 is 14.5 Å². The van der Waals surface area contributed by atoms with Crippen LogP contribution in [0.4, 0.5) is 10.7 Å². The lowest BCUT2D eigenvalue weighted by molar-refractivity contribution is -0.384. The molecule has 0 fully saturated rings. The van der Waals surface area contributed by atoms with Gasteiger partial charge in [-0.05, 0) is 59.9 Å². The van der Waals surface area contributed by atoms with Gasteiger partial charge in [0.05, 0.1) is 10.5 Å². The number of anilines is 1. The Morgan fingerprint density at radius 1 is 1.27 bits per heavy atom. The van der Waals surface area contributed by atoms with Gasteiger partial charge in [0.1, 0.15) is 5.00 Å². The molecule has 1 heterocycles. The maximum Gasteiger partial charge on any atom is 0.269 e. The number of nitrogens with one attached hydrogen (secondary N) is 1. The maximum atomic E-state index is 12.4. The molecule has 0 saturated heterocycles. The molecule has 7 nitrogen and oxygen atoms in total. The molecule has 0 spiro atoms. The van der Waals surface area contributed by atoms with Gasteiger partial charge in [0.2, 0.25) is 5.91 Å². The highest BCUT2D eigenvalue weighted by Crippen LogP contribution is 2.44. The van der Waals surface area contributed by atoms with E-state index >= 15 is 0 Å². The number of nitrogens with two attached hydrogens (primary N) is 1. The summed E-state index contributed by atoms with van der Waals surface area (Å²) >= 11 is 1.42. The summed E-state index contributed by atoms with van der Waals surface area (Å²) in [5.41, 5.74) is 7.82. The van der Waals surface area contributed by atoms with Crippen molar-refractivity contribution in [2.24, 2.45) is 17.1 Å². The summed E-state index contributed by atoms with van der Waals surface area (Å²) < 4.78 is 0. The smallest absolute Gasteiger partial charge is 0.269 e. The number of non-ortho nitro benzene ring substituents is 1. The molecule has 1 unspecified atom stereocenters. The van der Waals surface area contributed by atoms with E-state index in [0.29, 0.717) is 22.0 Å². The fourth-order valence-electron chi connectivity index (χ4n) is 3.71. The van der Waals surface area contributed by atoms with Gasteiger partial charge in [0.25, 0.3) is 11.6 Å². The molecule has 30 heavy (non-hydrogen) atoms. The molecule has 0 saturated carbocycles. The largest absolute Gasteiger partial charge is 0.365 e. The predicted octanol–water partition coefficient (Wildman–Crippen LogP) is 4.56. The van der Waals surface area contributed by atoms with Crippen molar-refractivity contribution in [3.63, 3.8) is 0 Å². The molecule has 0 aliphatic heterocycles. The quantitative estimate of drug-likeness (QED) is 0.413. The van der Waals surface area contributed by atoms with Crippen LogP contribution >= 0.6 is 11.3 Å². The number of nitrogens with zero attached hydrogens (tertiary/aromatic N) is 1. The molecule has 1 aliphatic carbocycles. The fourth-order valence-corrected chi connectivity index (χ4v) is 5.04. The van der Waals surface area contributed by atoms with Crippen molar-refractivity contribution in [2.45, 2.75) is 40.0 Å². The topological polar surface area (TPSA) is 115 Å². The molecule has 1 aromatic heterocycles. The van der Waals surface area contributed by atoms with Gasteiger partial charge in [-0.15, -0.1) is 11.3 Å². The van der Waals surface area contributed by atoms with Crippen LogP contribution in [-0.4, -0.2) is 16.7 Å². The van der Waals surface area contributed by atoms with Crippen LogP contribution in [0.3, 0.4) is 0 Å². The second kappa shape index (κ2) is 8.39. The van der Waals surface area contributed by atoms with Crippen molar-refractivity contribution >= 4 is 39.9 Å². The van der Waals surface area contributed by atoms with Crippen LogP contribution in [0.5, 0.6) is 0 Å². The summed E-state index contributed by atoms with van der Waals surface area (Å²) in [7, 11) is 0. The minimum Gasteiger partial charge on any atom is -0.365 e. The van der Waals surface area contributed by atoms with Crippen molar-refractivity contribution in [3.8, 4) is 0 Å². The second-order valence-corrected chi connectivity index (χ2v) is 9.65. The molecule has 0 bridgehead atoms. The summed E-state index contributed by atoms with van der Waals surface area (Å²) in [6.07, 6.45) is 5.54. The average Bonchev–Trinajstić information content (AvgIpc) is 3.03. The van der Waals surface area contributed by atoms with Gasteiger partial charge in [0.15, 0.2) is 0 Å². The number of rotatable bonds is 5. The summed E-state index contributed by atoms with van der Waals surface area (Å²) in [6.45, 7) is 6.66. The standard InChI is InChI=1S/C22H25N3O4S/c1-22(2,3)14-7-10-16-17(12-14)30-21(19(16)20(23)27)24-18(26)11-6-13-4-8-15(9-5-13)25(28)29/h4-6,8-9,11,14H,7,10,12H2,1-3H3,(H2,23,27)(H,24,26). The van der Waals surface area contributed by atoms with E-state index in [1.807, 2.05) is 0 Å². The molecule has 1 aliphatic rings. The number of carbonyl (C=O) groups excluding carboxylic acids is 2. The summed E-state index contributed by atoms with van der Waals surface area (Å²) in [5.74, 6) is -0.409. The van der Waals surface area contributed by atoms with E-state index in [1.54, 1.807) is 18.2 Å². The lowest BCUT2D eigenvalue weighted by Gasteiger charge is -2.33. The Hall–Kier alpha value is -3.00. The number of thiophene rings is 1. The zero-order valence-corrected chi connectivity index (χ0v) is 18.0. The lowest BCUT2D eigenvalue weighted by atomic mass is 9.72. The molecule has 158 valence electrons. The number of hydrogen-bond donors (Lipinski definition) is 2. The van der Waals surface area contributed by atoms with E-state index in [4.69, 9.17) is 5.73 Å². The maximum absolute atomic E-state index is 12.4. The Labute approximate surface area is 179 Å². The summed E-state index contributed by atoms with van der Waals surface area (Å²) in [6, 6.07) is 5.88. The molecule has 8 heteroatoms. The molecule has 1 aromatic carbocycles. The minimum atomic E-state index is -0.531. The molecule has 0 radical (unpaired) electrons. The zero-order valence-electron chi connectivity index (χ0n) is 17.2. The summed E-state index contributed by atoms with van der Waals surface area (Å²) in [5, 5.41) is 14.0. The van der Waals surface area contributed by atoms with Crippen molar-refractivity contribution in [1.29, 1.82) is 0 Å². The Balaban J connectivity index is 1.77. The Bertz CT molecular complexity index is 1020. The molecular weight excluding hydrogens is 402 g/mol. The number of hydrogen-bond acceptors (Lipinski definition) is 5. The molecule has 2 amide bonds. The number of primary amides is 1. The first kappa shape index (κ1) is 21.7. The van der Waals surface area contributed by atoms with E-state index in [9.17, 15) is 19.7 Å². The van der Waals surface area contributed by atoms with Crippen LogP contribution in [0.1, 0.15) is 53.6 Å². The van der Waals surface area contributed by atoms with Gasteiger partial charge >= 0.3 is 0 Å². The highest BCUT2D eigenvalue weighted by molar-refractivity contribution is 7.17. The van der Waals surface area contributed by atoms with Gasteiger partial charge in [0, 0.05) is 23.1 Å². The van der Waals surface area contributed by atoms with E-state index in [0.717, 1.165) is 29.7 Å². The van der Waals surface area contributed by atoms with Gasteiger partial charge < -0.3 is 11.1 Å². The van der Waals surface area contributed by atoms with Crippen LogP contribution in [-0.2, 0) is 17.6 Å². The Kier molecular flexibility index (Phi) is 6.07. The van der Waals surface area contributed by atoms with Crippen molar-refractivity contribution in [1.82, 2.24) is 0 Å². The van der Waals surface area contributed by atoms with Crippen LogP contribution in [0.15, 0.2) is 30.3 Å².